The number of rotatable bonds is 3. The van der Waals surface area contributed by atoms with Gasteiger partial charge in [-0.05, 0) is 19.1 Å². The van der Waals surface area contributed by atoms with Crippen molar-refractivity contribution in [2.75, 3.05) is 0 Å². The third-order valence-corrected chi connectivity index (χ3v) is 2.76. The molecular formula is C14H12N2O3. The van der Waals surface area contributed by atoms with Gasteiger partial charge in [0.1, 0.15) is 5.82 Å². The van der Waals surface area contributed by atoms with E-state index >= 15 is 0 Å². The maximum Gasteiger partial charge on any atom is 0.335 e. The number of carbonyl (C=O) groups is 1. The van der Waals surface area contributed by atoms with E-state index in [9.17, 15) is 9.59 Å². The molecule has 2 aromatic rings. The predicted molar refractivity (Wildman–Crippen MR) is 72.1 cm³/mol. The predicted octanol–water partition coefficient (Wildman–Crippen LogP) is 2.09. The molecule has 0 spiro atoms. The molecule has 0 fully saturated rings. The molecule has 0 radical (unpaired) electrons. The molecule has 2 rings (SSSR count). The van der Waals surface area contributed by atoms with Crippen LogP contribution in [0.3, 0.4) is 0 Å². The van der Waals surface area contributed by atoms with E-state index in [2.05, 4.69) is 16.5 Å². The molecule has 0 aliphatic rings. The number of aromatic amines is 1. The Morgan fingerprint density at radius 3 is 2.47 bits per heavy atom. The summed E-state index contributed by atoms with van der Waals surface area (Å²) in [5, 5.41) is 8.82. The van der Waals surface area contributed by atoms with E-state index in [-0.39, 0.29) is 11.1 Å². The zero-order valence-corrected chi connectivity index (χ0v) is 10.3. The molecular weight excluding hydrogens is 244 g/mol. The van der Waals surface area contributed by atoms with Gasteiger partial charge in [-0.1, -0.05) is 24.8 Å². The number of hydrogen-bond donors (Lipinski definition) is 2. The Morgan fingerprint density at radius 1 is 1.37 bits per heavy atom. The first-order chi connectivity index (χ1) is 9.02. The van der Waals surface area contributed by atoms with Crippen molar-refractivity contribution in [2.24, 2.45) is 0 Å². The van der Waals surface area contributed by atoms with Crippen LogP contribution in [0.5, 0.6) is 0 Å². The van der Waals surface area contributed by atoms with Crippen LogP contribution < -0.4 is 5.56 Å². The number of aryl methyl sites for hydroxylation is 1. The molecule has 0 unspecified atom stereocenters. The highest BCUT2D eigenvalue weighted by atomic mass is 16.4. The summed E-state index contributed by atoms with van der Waals surface area (Å²) in [5.41, 5.74) is 1.59. The Hall–Kier alpha value is -2.69. The Kier molecular flexibility index (Phi) is 3.29. The van der Waals surface area contributed by atoms with Crippen LogP contribution in [0.4, 0.5) is 0 Å². The molecule has 1 aromatic carbocycles. The highest BCUT2D eigenvalue weighted by Crippen LogP contribution is 2.15. The molecule has 2 N–H and O–H groups in total. The highest BCUT2D eigenvalue weighted by molar-refractivity contribution is 5.88. The second-order valence-electron chi connectivity index (χ2n) is 4.00. The van der Waals surface area contributed by atoms with Crippen molar-refractivity contribution < 1.29 is 9.90 Å². The van der Waals surface area contributed by atoms with Crippen molar-refractivity contribution in [1.82, 2.24) is 9.97 Å². The van der Waals surface area contributed by atoms with Gasteiger partial charge in [0.15, 0.2) is 0 Å². The quantitative estimate of drug-likeness (QED) is 0.880. The molecule has 0 aliphatic heterocycles. The van der Waals surface area contributed by atoms with Crippen LogP contribution in [0.1, 0.15) is 21.6 Å². The third kappa shape index (κ3) is 2.44. The minimum absolute atomic E-state index is 0.186. The fourth-order valence-electron chi connectivity index (χ4n) is 1.74. The van der Waals surface area contributed by atoms with Gasteiger partial charge in [0.2, 0.25) is 0 Å². The number of nitrogens with one attached hydrogen (secondary N) is 1. The van der Waals surface area contributed by atoms with E-state index in [1.54, 1.807) is 19.1 Å². The van der Waals surface area contributed by atoms with Gasteiger partial charge in [-0.25, -0.2) is 9.78 Å². The van der Waals surface area contributed by atoms with Gasteiger partial charge in [-0.15, -0.1) is 0 Å². The monoisotopic (exact) mass is 256 g/mol. The number of hydrogen-bond acceptors (Lipinski definition) is 3. The second kappa shape index (κ2) is 4.89. The molecule has 0 atom stereocenters. The Labute approximate surface area is 109 Å². The van der Waals surface area contributed by atoms with Crippen molar-refractivity contribution in [3.63, 3.8) is 0 Å². The number of H-pyrrole nitrogens is 1. The van der Waals surface area contributed by atoms with Crippen LogP contribution in [0.15, 0.2) is 35.6 Å². The molecule has 1 aromatic heterocycles. The smallest absolute Gasteiger partial charge is 0.335 e. The standard InChI is InChI=1S/C14H12N2O3/c1-3-11-8(2)15-12(16-13(11)17)9-4-6-10(7-5-9)14(18)19/h3-7H,1H2,2H3,(H,18,19)(H,15,16,17). The molecule has 5 heteroatoms. The van der Waals surface area contributed by atoms with Gasteiger partial charge in [0.25, 0.3) is 5.56 Å². The molecule has 0 saturated heterocycles. The largest absolute Gasteiger partial charge is 0.478 e. The third-order valence-electron chi connectivity index (χ3n) is 2.76. The van der Waals surface area contributed by atoms with Crippen LogP contribution in [0.2, 0.25) is 0 Å². The topological polar surface area (TPSA) is 83.0 Å². The molecule has 0 amide bonds. The lowest BCUT2D eigenvalue weighted by atomic mass is 10.1. The lowest BCUT2D eigenvalue weighted by Crippen LogP contribution is -2.14. The van der Waals surface area contributed by atoms with E-state index in [1.165, 1.54) is 18.2 Å². The molecule has 0 bridgehead atoms. The van der Waals surface area contributed by atoms with Crippen molar-refractivity contribution in [1.29, 1.82) is 0 Å². The number of nitrogens with zero attached hydrogens (tertiary/aromatic N) is 1. The summed E-state index contributed by atoms with van der Waals surface area (Å²) in [6.07, 6.45) is 1.46. The first-order valence-corrected chi connectivity index (χ1v) is 5.60. The summed E-state index contributed by atoms with van der Waals surface area (Å²) in [5.74, 6) is -0.587. The van der Waals surface area contributed by atoms with Crippen molar-refractivity contribution in [2.45, 2.75) is 6.92 Å². The van der Waals surface area contributed by atoms with Crippen LogP contribution >= 0.6 is 0 Å². The minimum atomic E-state index is -0.994. The average Bonchev–Trinajstić information content (AvgIpc) is 2.38. The normalized spacial score (nSPS) is 10.2. The maximum atomic E-state index is 11.8. The summed E-state index contributed by atoms with van der Waals surface area (Å²) in [4.78, 5) is 29.5. The van der Waals surface area contributed by atoms with E-state index in [4.69, 9.17) is 5.11 Å². The van der Waals surface area contributed by atoms with Gasteiger partial charge < -0.3 is 10.1 Å². The van der Waals surface area contributed by atoms with Gasteiger partial charge >= 0.3 is 5.97 Å². The Morgan fingerprint density at radius 2 is 2.00 bits per heavy atom. The molecule has 19 heavy (non-hydrogen) atoms. The van der Waals surface area contributed by atoms with Crippen LogP contribution in [0.25, 0.3) is 17.5 Å². The molecule has 0 aliphatic carbocycles. The zero-order valence-electron chi connectivity index (χ0n) is 10.3. The number of aromatic carboxylic acids is 1. The van der Waals surface area contributed by atoms with Crippen LogP contribution in [0, 0.1) is 6.92 Å². The first-order valence-electron chi connectivity index (χ1n) is 5.60. The van der Waals surface area contributed by atoms with Gasteiger partial charge in [0, 0.05) is 5.56 Å². The zero-order chi connectivity index (χ0) is 14.0. The van der Waals surface area contributed by atoms with Gasteiger partial charge in [-0.3, -0.25) is 4.79 Å². The first kappa shape index (κ1) is 12.8. The lowest BCUT2D eigenvalue weighted by Gasteiger charge is -2.05. The molecule has 96 valence electrons. The summed E-state index contributed by atoms with van der Waals surface area (Å²) < 4.78 is 0. The number of carboxylic acids is 1. The summed E-state index contributed by atoms with van der Waals surface area (Å²) in [7, 11) is 0. The lowest BCUT2D eigenvalue weighted by molar-refractivity contribution is 0.0697. The van der Waals surface area contributed by atoms with Crippen LogP contribution in [-0.2, 0) is 0 Å². The maximum absolute atomic E-state index is 11.8. The van der Waals surface area contributed by atoms with Crippen molar-refractivity contribution >= 4 is 12.0 Å². The summed E-state index contributed by atoms with van der Waals surface area (Å²) >= 11 is 0. The molecule has 1 heterocycles. The van der Waals surface area contributed by atoms with E-state index in [0.29, 0.717) is 22.6 Å². The second-order valence-corrected chi connectivity index (χ2v) is 4.00. The number of benzene rings is 1. The highest BCUT2D eigenvalue weighted by Gasteiger charge is 2.08. The average molecular weight is 256 g/mol. The summed E-state index contributed by atoms with van der Waals surface area (Å²) in [6.45, 7) is 5.28. The van der Waals surface area contributed by atoms with Crippen LogP contribution in [-0.4, -0.2) is 21.0 Å². The molecule has 0 saturated carbocycles. The van der Waals surface area contributed by atoms with Crippen molar-refractivity contribution in [3.05, 3.63) is 58.0 Å². The van der Waals surface area contributed by atoms with E-state index in [0.717, 1.165) is 0 Å². The van der Waals surface area contributed by atoms with E-state index in [1.807, 2.05) is 0 Å². The van der Waals surface area contributed by atoms with E-state index < -0.39 is 5.97 Å². The van der Waals surface area contributed by atoms with Gasteiger partial charge in [-0.2, -0.15) is 0 Å². The summed E-state index contributed by atoms with van der Waals surface area (Å²) in [6, 6.07) is 6.15. The Balaban J connectivity index is 2.50. The minimum Gasteiger partial charge on any atom is -0.478 e. The number of aromatic nitrogens is 2. The van der Waals surface area contributed by atoms with Crippen molar-refractivity contribution in [3.8, 4) is 11.4 Å². The fourth-order valence-corrected chi connectivity index (χ4v) is 1.74. The fraction of sp³-hybridized carbons (Fsp3) is 0.0714. The Bertz CT molecular complexity index is 700. The van der Waals surface area contributed by atoms with Gasteiger partial charge in [0.05, 0.1) is 16.8 Å². The molecule has 5 nitrogen and oxygen atoms in total. The SMILES string of the molecule is C=Cc1c(C)nc(-c2ccc(C(=O)O)cc2)[nH]c1=O. The number of carboxylic acid groups (broad SMARTS) is 1.